The van der Waals surface area contributed by atoms with Crippen LogP contribution < -0.4 is 5.32 Å². The molecule has 0 spiro atoms. The Bertz CT molecular complexity index is 1300. The van der Waals surface area contributed by atoms with Gasteiger partial charge in [-0.2, -0.15) is 0 Å². The fourth-order valence-corrected chi connectivity index (χ4v) is 9.48. The van der Waals surface area contributed by atoms with Gasteiger partial charge in [-0.25, -0.2) is 0 Å². The first-order valence-electron chi connectivity index (χ1n) is 18.5. The molecular formula is C39H57N5OS2. The number of hydrogen-bond acceptors (Lipinski definition) is 4. The molecule has 8 heteroatoms. The molecule has 2 aromatic carbocycles. The Morgan fingerprint density at radius 3 is 2.28 bits per heavy atom. The van der Waals surface area contributed by atoms with E-state index in [1.54, 1.807) is 0 Å². The second-order valence-electron chi connectivity index (χ2n) is 15.2. The van der Waals surface area contributed by atoms with Gasteiger partial charge < -0.3 is 25.1 Å². The zero-order valence-corrected chi connectivity index (χ0v) is 30.4. The van der Waals surface area contributed by atoms with Crippen LogP contribution in [0.5, 0.6) is 5.75 Å². The molecule has 0 unspecified atom stereocenters. The summed E-state index contributed by atoms with van der Waals surface area (Å²) >= 11 is 12.3. The standard InChI is InChI=1S/C39H57N5OS2/c1-29(2)21-34-24-40-38(46)42(34)27-33-15-10-20-41(33)26-35(22-30-11-8-5-9-12-30)44-28-36(23-31-16-18-37(45)19-17-31)43(39(44)47)25-32-13-6-3-4-7-14-32/h5,8-9,11-12,16-19,29,32-36,45H,3-4,6-7,10,13-15,20-28H2,1-2H3,(H,40,46)/t33-,34+,35+,36+/m1/s1. The fraction of sp³-hybridized carbons (Fsp3) is 0.641. The first-order valence-corrected chi connectivity index (χ1v) is 19.3. The number of phenolic OH excluding ortho intramolecular Hbond substituents is 1. The normalized spacial score (nSPS) is 25.2. The molecule has 4 atom stereocenters. The van der Waals surface area contributed by atoms with E-state index in [0.29, 0.717) is 41.8 Å². The molecule has 0 bridgehead atoms. The van der Waals surface area contributed by atoms with Gasteiger partial charge in [-0.1, -0.05) is 82.0 Å². The Kier molecular flexibility index (Phi) is 12.0. The lowest BCUT2D eigenvalue weighted by Crippen LogP contribution is -2.51. The van der Waals surface area contributed by atoms with Crippen molar-refractivity contribution in [2.75, 3.05) is 39.3 Å². The van der Waals surface area contributed by atoms with Crippen LogP contribution in [-0.4, -0.2) is 98.4 Å². The smallest absolute Gasteiger partial charge is 0.172 e. The van der Waals surface area contributed by atoms with Crippen molar-refractivity contribution in [3.05, 3.63) is 65.7 Å². The first-order chi connectivity index (χ1) is 22.8. The summed E-state index contributed by atoms with van der Waals surface area (Å²) in [5.74, 6) is 1.70. The zero-order valence-electron chi connectivity index (χ0n) is 28.7. The third kappa shape index (κ3) is 8.98. The Balaban J connectivity index is 1.23. The number of thiocarbonyl (C=S) groups is 2. The molecule has 3 heterocycles. The summed E-state index contributed by atoms with van der Waals surface area (Å²) in [6, 6.07) is 20.5. The highest BCUT2D eigenvalue weighted by atomic mass is 32.1. The molecular weight excluding hydrogens is 619 g/mol. The topological polar surface area (TPSA) is 45.2 Å². The van der Waals surface area contributed by atoms with Crippen molar-refractivity contribution in [1.29, 1.82) is 0 Å². The monoisotopic (exact) mass is 675 g/mol. The minimum absolute atomic E-state index is 0.307. The van der Waals surface area contributed by atoms with Crippen molar-refractivity contribution >= 4 is 34.7 Å². The van der Waals surface area contributed by atoms with Crippen LogP contribution in [0.25, 0.3) is 0 Å². The van der Waals surface area contributed by atoms with Gasteiger partial charge in [-0.3, -0.25) is 4.90 Å². The maximum absolute atomic E-state index is 9.97. The van der Waals surface area contributed by atoms with E-state index >= 15 is 0 Å². The lowest BCUT2D eigenvalue weighted by Gasteiger charge is -2.37. The Labute approximate surface area is 294 Å². The van der Waals surface area contributed by atoms with Crippen LogP contribution in [0, 0.1) is 11.8 Å². The van der Waals surface area contributed by atoms with Crippen molar-refractivity contribution in [3.63, 3.8) is 0 Å². The van der Waals surface area contributed by atoms with Gasteiger partial charge in [-0.15, -0.1) is 0 Å². The molecule has 1 saturated carbocycles. The Morgan fingerprint density at radius 2 is 1.55 bits per heavy atom. The van der Waals surface area contributed by atoms with Crippen molar-refractivity contribution < 1.29 is 5.11 Å². The molecule has 256 valence electrons. The average Bonchev–Trinajstić information content (AvgIpc) is 3.65. The quantitative estimate of drug-likeness (QED) is 0.177. The Hall–Kier alpha value is -2.42. The molecule has 4 aliphatic rings. The maximum atomic E-state index is 9.97. The van der Waals surface area contributed by atoms with Crippen molar-refractivity contribution in [1.82, 2.24) is 24.9 Å². The second-order valence-corrected chi connectivity index (χ2v) is 16.0. The highest BCUT2D eigenvalue weighted by molar-refractivity contribution is 7.80. The van der Waals surface area contributed by atoms with Crippen LogP contribution >= 0.6 is 24.4 Å². The van der Waals surface area contributed by atoms with Gasteiger partial charge >= 0.3 is 0 Å². The summed E-state index contributed by atoms with van der Waals surface area (Å²) in [6.07, 6.45) is 13.7. The summed E-state index contributed by atoms with van der Waals surface area (Å²) in [5.41, 5.74) is 2.66. The third-order valence-corrected chi connectivity index (χ3v) is 12.1. The van der Waals surface area contributed by atoms with Crippen LogP contribution in [0.15, 0.2) is 54.6 Å². The van der Waals surface area contributed by atoms with Crippen LogP contribution in [-0.2, 0) is 12.8 Å². The number of benzene rings is 2. The summed E-state index contributed by atoms with van der Waals surface area (Å²) in [4.78, 5) is 10.5. The highest BCUT2D eigenvalue weighted by Gasteiger charge is 2.41. The molecule has 2 aromatic rings. The van der Waals surface area contributed by atoms with Crippen LogP contribution in [0.4, 0.5) is 0 Å². The minimum atomic E-state index is 0.307. The third-order valence-electron chi connectivity index (χ3n) is 11.2. The van der Waals surface area contributed by atoms with E-state index in [1.165, 1.54) is 68.9 Å². The van der Waals surface area contributed by atoms with Gasteiger partial charge in [0.15, 0.2) is 10.2 Å². The van der Waals surface area contributed by atoms with E-state index in [9.17, 15) is 5.11 Å². The number of phenols is 1. The lowest BCUT2D eigenvalue weighted by molar-refractivity contribution is 0.156. The molecule has 4 fully saturated rings. The molecule has 2 N–H and O–H groups in total. The van der Waals surface area contributed by atoms with E-state index < -0.39 is 0 Å². The molecule has 3 saturated heterocycles. The van der Waals surface area contributed by atoms with E-state index in [4.69, 9.17) is 24.4 Å². The predicted octanol–water partition coefficient (Wildman–Crippen LogP) is 6.86. The molecule has 0 aromatic heterocycles. The number of likely N-dealkylation sites (tertiary alicyclic amines) is 1. The molecule has 1 aliphatic carbocycles. The Morgan fingerprint density at radius 1 is 0.809 bits per heavy atom. The van der Waals surface area contributed by atoms with Crippen molar-refractivity contribution in [3.8, 4) is 5.75 Å². The van der Waals surface area contributed by atoms with Gasteiger partial charge in [0, 0.05) is 50.8 Å². The van der Waals surface area contributed by atoms with E-state index in [-0.39, 0.29) is 0 Å². The first kappa shape index (κ1) is 34.4. The van der Waals surface area contributed by atoms with Crippen LogP contribution in [0.1, 0.15) is 82.8 Å². The van der Waals surface area contributed by atoms with E-state index in [2.05, 4.69) is 81.2 Å². The molecule has 6 rings (SSSR count). The number of nitrogens with one attached hydrogen (secondary N) is 1. The van der Waals surface area contributed by atoms with Crippen LogP contribution in [0.3, 0.4) is 0 Å². The molecule has 47 heavy (non-hydrogen) atoms. The number of nitrogens with zero attached hydrogens (tertiary/aromatic N) is 4. The van der Waals surface area contributed by atoms with Gasteiger partial charge in [0.1, 0.15) is 5.75 Å². The summed E-state index contributed by atoms with van der Waals surface area (Å²) in [5, 5.41) is 15.5. The van der Waals surface area contributed by atoms with E-state index in [0.717, 1.165) is 62.3 Å². The number of hydrogen-bond donors (Lipinski definition) is 2. The van der Waals surface area contributed by atoms with Gasteiger partial charge in [0.2, 0.25) is 0 Å². The predicted molar refractivity (Wildman–Crippen MR) is 202 cm³/mol. The van der Waals surface area contributed by atoms with Crippen molar-refractivity contribution in [2.45, 2.75) is 109 Å². The minimum Gasteiger partial charge on any atom is -0.508 e. The van der Waals surface area contributed by atoms with Gasteiger partial charge in [-0.05, 0) is 111 Å². The van der Waals surface area contributed by atoms with E-state index in [1.807, 2.05) is 12.1 Å². The summed E-state index contributed by atoms with van der Waals surface area (Å²) in [6.45, 7) is 10.8. The molecule has 0 radical (unpaired) electrons. The largest absolute Gasteiger partial charge is 0.508 e. The highest BCUT2D eigenvalue weighted by Crippen LogP contribution is 2.31. The second kappa shape index (κ2) is 16.3. The average molecular weight is 676 g/mol. The fourth-order valence-electron chi connectivity index (χ4n) is 8.73. The van der Waals surface area contributed by atoms with Gasteiger partial charge in [0.25, 0.3) is 0 Å². The molecule has 0 amide bonds. The number of rotatable bonds is 13. The zero-order chi connectivity index (χ0) is 32.8. The summed E-state index contributed by atoms with van der Waals surface area (Å²) < 4.78 is 0. The maximum Gasteiger partial charge on any atom is 0.172 e. The number of aromatic hydroxyl groups is 1. The molecule has 6 nitrogen and oxygen atoms in total. The van der Waals surface area contributed by atoms with Crippen molar-refractivity contribution in [2.24, 2.45) is 11.8 Å². The SMILES string of the molecule is CC(C)C[C@H]1CNC(=S)N1C[C@H]1CCCN1C[C@H](Cc1ccccc1)N1C[C@H](Cc2ccc(O)cc2)N(CC2CCCCCC2)C1=S. The lowest BCUT2D eigenvalue weighted by atomic mass is 9.98. The molecule has 3 aliphatic heterocycles. The summed E-state index contributed by atoms with van der Waals surface area (Å²) in [7, 11) is 0. The van der Waals surface area contributed by atoms with Gasteiger partial charge in [0.05, 0.1) is 6.04 Å². The van der Waals surface area contributed by atoms with Crippen LogP contribution in [0.2, 0.25) is 0 Å².